The van der Waals surface area contributed by atoms with Crippen molar-refractivity contribution in [1.82, 2.24) is 5.43 Å². The zero-order chi connectivity index (χ0) is 15.6. The third kappa shape index (κ3) is 3.34. The summed E-state index contributed by atoms with van der Waals surface area (Å²) in [5, 5.41) is 14.8. The topological polar surface area (TPSA) is 128 Å². The van der Waals surface area contributed by atoms with Crippen LogP contribution in [0.5, 0.6) is 0 Å². The maximum absolute atomic E-state index is 12.2. The molecule has 0 atom stereocenters. The second-order valence-electron chi connectivity index (χ2n) is 4.39. The molecule has 0 saturated carbocycles. The number of hydrazone groups is 1. The SMILES string of the molecule is NC(=S)N/N=C1\CCCS(=O)(=O)c2ccc([N+](=O)[O-])cc21. The maximum atomic E-state index is 12.2. The quantitative estimate of drug-likeness (QED) is 0.464. The van der Waals surface area contributed by atoms with Crippen molar-refractivity contribution in [2.75, 3.05) is 5.75 Å². The number of fused-ring (bicyclic) bond motifs is 1. The molecule has 1 aliphatic rings. The lowest BCUT2D eigenvalue weighted by Gasteiger charge is -2.08. The third-order valence-corrected chi connectivity index (χ3v) is 4.89. The van der Waals surface area contributed by atoms with Gasteiger partial charge in [0.2, 0.25) is 0 Å². The minimum atomic E-state index is -3.49. The first-order valence-electron chi connectivity index (χ1n) is 5.95. The number of hydrogen-bond donors (Lipinski definition) is 2. The highest BCUT2D eigenvalue weighted by Crippen LogP contribution is 2.28. The number of sulfone groups is 1. The molecular weight excluding hydrogens is 316 g/mol. The lowest BCUT2D eigenvalue weighted by molar-refractivity contribution is -0.384. The van der Waals surface area contributed by atoms with E-state index in [4.69, 9.17) is 5.73 Å². The molecule has 0 aliphatic carbocycles. The number of thiocarbonyl (C=S) groups is 1. The van der Waals surface area contributed by atoms with Crippen LogP contribution in [0.4, 0.5) is 5.69 Å². The van der Waals surface area contributed by atoms with E-state index in [9.17, 15) is 18.5 Å². The van der Waals surface area contributed by atoms with Gasteiger partial charge in [0.05, 0.1) is 21.3 Å². The first-order chi connectivity index (χ1) is 9.81. The van der Waals surface area contributed by atoms with Crippen LogP contribution in [-0.4, -0.2) is 29.9 Å². The summed E-state index contributed by atoms with van der Waals surface area (Å²) >= 11 is 4.64. The van der Waals surface area contributed by atoms with Gasteiger partial charge in [-0.2, -0.15) is 5.10 Å². The summed E-state index contributed by atoms with van der Waals surface area (Å²) in [5.41, 5.74) is 8.07. The smallest absolute Gasteiger partial charge is 0.270 e. The van der Waals surface area contributed by atoms with Gasteiger partial charge in [-0.25, -0.2) is 8.42 Å². The number of nitro benzene ring substituents is 1. The Balaban J connectivity index is 2.63. The fourth-order valence-electron chi connectivity index (χ4n) is 2.04. The molecule has 1 aromatic rings. The molecular formula is C11H12N4O4S2. The van der Waals surface area contributed by atoms with E-state index in [2.05, 4.69) is 22.7 Å². The average Bonchev–Trinajstić information content (AvgIpc) is 2.53. The van der Waals surface area contributed by atoms with Crippen molar-refractivity contribution in [2.24, 2.45) is 10.8 Å². The van der Waals surface area contributed by atoms with Crippen LogP contribution >= 0.6 is 12.2 Å². The first-order valence-corrected chi connectivity index (χ1v) is 8.01. The molecule has 0 unspecified atom stereocenters. The van der Waals surface area contributed by atoms with Gasteiger partial charge in [-0.05, 0) is 31.1 Å². The lowest BCUT2D eigenvalue weighted by Crippen LogP contribution is -2.25. The molecule has 1 aliphatic heterocycles. The summed E-state index contributed by atoms with van der Waals surface area (Å²) in [6.45, 7) is 0. The lowest BCUT2D eigenvalue weighted by atomic mass is 10.1. The highest BCUT2D eigenvalue weighted by molar-refractivity contribution is 7.91. The zero-order valence-electron chi connectivity index (χ0n) is 10.8. The van der Waals surface area contributed by atoms with Gasteiger partial charge in [-0.3, -0.25) is 15.5 Å². The van der Waals surface area contributed by atoms with E-state index in [1.165, 1.54) is 18.2 Å². The van der Waals surface area contributed by atoms with Crippen LogP contribution in [0, 0.1) is 10.1 Å². The van der Waals surface area contributed by atoms with Gasteiger partial charge in [-0.15, -0.1) is 0 Å². The van der Waals surface area contributed by atoms with Crippen LogP contribution in [0.3, 0.4) is 0 Å². The molecule has 0 saturated heterocycles. The maximum Gasteiger partial charge on any atom is 0.270 e. The van der Waals surface area contributed by atoms with E-state index in [1.807, 2.05) is 0 Å². The van der Waals surface area contributed by atoms with E-state index >= 15 is 0 Å². The van der Waals surface area contributed by atoms with Gasteiger partial charge in [0, 0.05) is 17.7 Å². The van der Waals surface area contributed by atoms with Crippen molar-refractivity contribution in [3.8, 4) is 0 Å². The standard InChI is InChI=1S/C11H12N4O4S2/c12-11(20)14-13-9-2-1-5-21(18,19)10-4-3-7(15(16)17)6-8(9)10/h3-4,6H,1-2,5H2,(H3,12,14,20)/b13-9+. The van der Waals surface area contributed by atoms with Crippen LogP contribution in [0.2, 0.25) is 0 Å². The summed E-state index contributed by atoms with van der Waals surface area (Å²) in [4.78, 5) is 10.3. The van der Waals surface area contributed by atoms with Crippen LogP contribution in [0.15, 0.2) is 28.2 Å². The molecule has 0 spiro atoms. The third-order valence-electron chi connectivity index (χ3n) is 2.95. The van der Waals surface area contributed by atoms with E-state index in [0.717, 1.165) is 0 Å². The predicted molar refractivity (Wildman–Crippen MR) is 80.8 cm³/mol. The zero-order valence-corrected chi connectivity index (χ0v) is 12.4. The van der Waals surface area contributed by atoms with Crippen molar-refractivity contribution in [3.63, 3.8) is 0 Å². The number of nitrogens with two attached hydrogens (primary N) is 1. The second-order valence-corrected chi connectivity index (χ2v) is 6.91. The molecule has 0 bridgehead atoms. The van der Waals surface area contributed by atoms with Crippen molar-refractivity contribution in [1.29, 1.82) is 0 Å². The van der Waals surface area contributed by atoms with Crippen molar-refractivity contribution in [2.45, 2.75) is 17.7 Å². The summed E-state index contributed by atoms with van der Waals surface area (Å²) in [6.07, 6.45) is 0.714. The normalized spacial score (nSPS) is 18.6. The van der Waals surface area contributed by atoms with Gasteiger partial charge < -0.3 is 5.73 Å². The van der Waals surface area contributed by atoms with Gasteiger partial charge in [-0.1, -0.05) is 0 Å². The fourth-order valence-corrected chi connectivity index (χ4v) is 3.62. The van der Waals surface area contributed by atoms with Gasteiger partial charge in [0.25, 0.3) is 5.69 Å². The van der Waals surface area contributed by atoms with Gasteiger partial charge in [0.1, 0.15) is 0 Å². The molecule has 0 fully saturated rings. The van der Waals surface area contributed by atoms with E-state index in [1.54, 1.807) is 0 Å². The highest BCUT2D eigenvalue weighted by Gasteiger charge is 2.27. The van der Waals surface area contributed by atoms with Gasteiger partial charge in [0.15, 0.2) is 14.9 Å². The van der Waals surface area contributed by atoms with Crippen molar-refractivity contribution < 1.29 is 13.3 Å². The van der Waals surface area contributed by atoms with E-state index in [0.29, 0.717) is 18.6 Å². The molecule has 21 heavy (non-hydrogen) atoms. The Morgan fingerprint density at radius 1 is 1.48 bits per heavy atom. The largest absolute Gasteiger partial charge is 0.375 e. The molecule has 8 nitrogen and oxygen atoms in total. The molecule has 1 aromatic carbocycles. The number of non-ortho nitro benzene ring substituents is 1. The molecule has 10 heteroatoms. The van der Waals surface area contributed by atoms with Crippen LogP contribution in [-0.2, 0) is 9.84 Å². The molecule has 2 rings (SSSR count). The number of nitro groups is 1. The number of nitrogens with one attached hydrogen (secondary N) is 1. The molecule has 3 N–H and O–H groups in total. The summed E-state index contributed by atoms with van der Waals surface area (Å²) in [6, 6.07) is 3.61. The number of hydrogen-bond acceptors (Lipinski definition) is 6. The van der Waals surface area contributed by atoms with Crippen LogP contribution < -0.4 is 11.2 Å². The van der Waals surface area contributed by atoms with E-state index in [-0.39, 0.29) is 27.0 Å². The average molecular weight is 328 g/mol. The Labute approximate surface area is 126 Å². The Hall–Kier alpha value is -2.07. The number of nitrogens with zero attached hydrogens (tertiary/aromatic N) is 2. The highest BCUT2D eigenvalue weighted by atomic mass is 32.2. The van der Waals surface area contributed by atoms with Crippen molar-refractivity contribution in [3.05, 3.63) is 33.9 Å². The molecule has 112 valence electrons. The Bertz CT molecular complexity index is 743. The minimum Gasteiger partial charge on any atom is -0.375 e. The molecule has 0 aromatic heterocycles. The molecule has 0 radical (unpaired) electrons. The Morgan fingerprint density at radius 3 is 2.81 bits per heavy atom. The van der Waals surface area contributed by atoms with E-state index < -0.39 is 14.8 Å². The molecule has 1 heterocycles. The fraction of sp³-hybridized carbons (Fsp3) is 0.273. The number of benzene rings is 1. The predicted octanol–water partition coefficient (Wildman–Crippen LogP) is 0.700. The van der Waals surface area contributed by atoms with Gasteiger partial charge >= 0.3 is 0 Å². The summed E-state index contributed by atoms with van der Waals surface area (Å²) < 4.78 is 24.3. The minimum absolute atomic E-state index is 0.0362. The first kappa shape index (κ1) is 15.3. The Kier molecular flexibility index (Phi) is 4.19. The molecule has 0 amide bonds. The van der Waals surface area contributed by atoms with Crippen LogP contribution in [0.25, 0.3) is 0 Å². The summed E-state index contributed by atoms with van der Waals surface area (Å²) in [5.74, 6) is -0.0378. The van der Waals surface area contributed by atoms with Crippen molar-refractivity contribution >= 4 is 38.6 Å². The summed E-state index contributed by atoms with van der Waals surface area (Å²) in [7, 11) is -3.49. The van der Waals surface area contributed by atoms with Crippen LogP contribution in [0.1, 0.15) is 18.4 Å². The monoisotopic (exact) mass is 328 g/mol. The number of rotatable bonds is 2. The Morgan fingerprint density at radius 2 is 2.19 bits per heavy atom. The second kappa shape index (κ2) is 5.74.